The van der Waals surface area contributed by atoms with E-state index in [4.69, 9.17) is 0 Å². The fraction of sp³-hybridized carbons (Fsp3) is 0.176. The van der Waals surface area contributed by atoms with Gasteiger partial charge in [-0.25, -0.2) is 0 Å². The second kappa shape index (κ2) is 11.4. The standard InChI is InChI=1S/C17H16N8O8/c26-22(27)12-4-6-14(16(10-12)24(30)31)20-18-8-2-1-3-9-19-21-15-7-5-13(23(28)29)11-17(15)25(32)33/h4-11,20-21H,1-3H2/b18-8-,19-9+. The van der Waals surface area contributed by atoms with Crippen molar-refractivity contribution in [1.29, 1.82) is 0 Å². The number of nitrogens with one attached hydrogen (secondary N) is 2. The first-order valence-electron chi connectivity index (χ1n) is 9.11. The van der Waals surface area contributed by atoms with E-state index in [1.54, 1.807) is 0 Å². The highest BCUT2D eigenvalue weighted by Gasteiger charge is 2.20. The van der Waals surface area contributed by atoms with Crippen LogP contribution in [0.3, 0.4) is 0 Å². The van der Waals surface area contributed by atoms with Crippen LogP contribution in [0.2, 0.25) is 0 Å². The molecule has 2 aromatic rings. The fourth-order valence-corrected chi connectivity index (χ4v) is 2.42. The lowest BCUT2D eigenvalue weighted by Gasteiger charge is -2.02. The number of benzene rings is 2. The van der Waals surface area contributed by atoms with Crippen LogP contribution in [0.25, 0.3) is 0 Å². The minimum atomic E-state index is -0.760. The summed E-state index contributed by atoms with van der Waals surface area (Å²) in [5, 5.41) is 51.2. The Hall–Kier alpha value is -5.02. The summed E-state index contributed by atoms with van der Waals surface area (Å²) in [7, 11) is 0. The summed E-state index contributed by atoms with van der Waals surface area (Å²) < 4.78 is 0. The molecule has 0 saturated heterocycles. The first kappa shape index (κ1) is 24.3. The first-order chi connectivity index (χ1) is 15.7. The maximum Gasteiger partial charge on any atom is 0.301 e. The molecule has 0 unspecified atom stereocenters. The average Bonchev–Trinajstić information content (AvgIpc) is 2.77. The van der Waals surface area contributed by atoms with Gasteiger partial charge in [0.15, 0.2) is 0 Å². The van der Waals surface area contributed by atoms with Gasteiger partial charge < -0.3 is 0 Å². The van der Waals surface area contributed by atoms with Gasteiger partial charge in [-0.2, -0.15) is 10.2 Å². The molecule has 0 amide bonds. The molecule has 33 heavy (non-hydrogen) atoms. The van der Waals surface area contributed by atoms with E-state index in [9.17, 15) is 40.5 Å². The minimum Gasteiger partial charge on any atom is -0.272 e. The largest absolute Gasteiger partial charge is 0.301 e. The van der Waals surface area contributed by atoms with E-state index in [0.717, 1.165) is 24.3 Å². The van der Waals surface area contributed by atoms with Crippen molar-refractivity contribution < 1.29 is 19.7 Å². The van der Waals surface area contributed by atoms with E-state index >= 15 is 0 Å². The van der Waals surface area contributed by atoms with E-state index < -0.39 is 42.4 Å². The number of unbranched alkanes of at least 4 members (excludes halogenated alkanes) is 2. The Morgan fingerprint density at radius 3 is 1.39 bits per heavy atom. The lowest BCUT2D eigenvalue weighted by atomic mass is 10.2. The smallest absolute Gasteiger partial charge is 0.272 e. The van der Waals surface area contributed by atoms with Crippen molar-refractivity contribution in [2.75, 3.05) is 10.9 Å². The number of nitro benzene ring substituents is 4. The van der Waals surface area contributed by atoms with Crippen molar-refractivity contribution in [3.63, 3.8) is 0 Å². The molecule has 0 bridgehead atoms. The zero-order valence-corrected chi connectivity index (χ0v) is 16.7. The summed E-state index contributed by atoms with van der Waals surface area (Å²) in [4.78, 5) is 40.5. The topological polar surface area (TPSA) is 221 Å². The van der Waals surface area contributed by atoms with E-state index in [1.165, 1.54) is 24.6 Å². The Balaban J connectivity index is 1.82. The normalized spacial score (nSPS) is 10.9. The molecule has 0 aliphatic heterocycles. The van der Waals surface area contributed by atoms with Crippen LogP contribution in [-0.4, -0.2) is 32.1 Å². The van der Waals surface area contributed by atoms with Crippen molar-refractivity contribution in [3.8, 4) is 0 Å². The van der Waals surface area contributed by atoms with Crippen LogP contribution in [-0.2, 0) is 0 Å². The Labute approximate surface area is 184 Å². The third kappa shape index (κ3) is 7.02. The van der Waals surface area contributed by atoms with Crippen LogP contribution < -0.4 is 10.9 Å². The second-order valence-corrected chi connectivity index (χ2v) is 6.21. The second-order valence-electron chi connectivity index (χ2n) is 6.21. The van der Waals surface area contributed by atoms with E-state index in [-0.39, 0.29) is 11.4 Å². The molecule has 0 fully saturated rings. The summed E-state index contributed by atoms with van der Waals surface area (Å²) in [6.07, 6.45) is 4.39. The Morgan fingerprint density at radius 1 is 0.667 bits per heavy atom. The Morgan fingerprint density at radius 2 is 1.06 bits per heavy atom. The molecule has 2 rings (SSSR count). The number of hydrogen-bond donors (Lipinski definition) is 2. The molecule has 0 saturated carbocycles. The van der Waals surface area contributed by atoms with Crippen molar-refractivity contribution in [1.82, 2.24) is 0 Å². The van der Waals surface area contributed by atoms with Gasteiger partial charge >= 0.3 is 11.4 Å². The number of rotatable bonds is 12. The summed E-state index contributed by atoms with van der Waals surface area (Å²) in [6.45, 7) is 0. The SMILES string of the molecule is O=[N+]([O-])c1ccc(N/N=C\CCC/C=N/Nc2ccc([N+](=O)[O-])cc2[N+](=O)[O-])c([N+](=O)[O-])c1. The van der Waals surface area contributed by atoms with Crippen LogP contribution in [0.4, 0.5) is 34.1 Å². The number of non-ortho nitro benzene ring substituents is 2. The predicted octanol–water partition coefficient (Wildman–Crippen LogP) is 3.99. The van der Waals surface area contributed by atoms with Gasteiger partial charge in [0.2, 0.25) is 0 Å². The molecule has 0 aliphatic carbocycles. The number of nitrogens with zero attached hydrogens (tertiary/aromatic N) is 6. The highest BCUT2D eigenvalue weighted by atomic mass is 16.6. The predicted molar refractivity (Wildman–Crippen MR) is 118 cm³/mol. The fourth-order valence-electron chi connectivity index (χ4n) is 2.42. The van der Waals surface area contributed by atoms with Crippen molar-refractivity contribution in [3.05, 3.63) is 76.9 Å². The highest BCUT2D eigenvalue weighted by Crippen LogP contribution is 2.29. The van der Waals surface area contributed by atoms with Gasteiger partial charge in [0.05, 0.1) is 31.8 Å². The summed E-state index contributed by atoms with van der Waals surface area (Å²) in [5.74, 6) is 0. The zero-order chi connectivity index (χ0) is 24.4. The maximum atomic E-state index is 11.0. The summed E-state index contributed by atoms with van der Waals surface area (Å²) >= 11 is 0. The van der Waals surface area contributed by atoms with Gasteiger partial charge in [0.25, 0.3) is 11.4 Å². The Bertz CT molecular complexity index is 1050. The highest BCUT2D eigenvalue weighted by molar-refractivity contribution is 5.69. The molecule has 0 aromatic heterocycles. The molecular weight excluding hydrogens is 444 g/mol. The molecule has 2 N–H and O–H groups in total. The van der Waals surface area contributed by atoms with E-state index in [0.29, 0.717) is 19.3 Å². The van der Waals surface area contributed by atoms with Crippen LogP contribution >= 0.6 is 0 Å². The van der Waals surface area contributed by atoms with Crippen LogP contribution in [0, 0.1) is 40.5 Å². The third-order valence-corrected chi connectivity index (χ3v) is 4.00. The molecule has 16 nitrogen and oxygen atoms in total. The molecule has 0 aliphatic rings. The van der Waals surface area contributed by atoms with Crippen molar-refractivity contribution >= 4 is 46.6 Å². The van der Waals surface area contributed by atoms with Crippen LogP contribution in [0.15, 0.2) is 46.6 Å². The molecule has 2 aromatic carbocycles. The third-order valence-electron chi connectivity index (χ3n) is 4.00. The van der Waals surface area contributed by atoms with Gasteiger partial charge in [-0.15, -0.1) is 0 Å². The Kier molecular flexibility index (Phi) is 8.37. The average molecular weight is 460 g/mol. The molecule has 0 heterocycles. The van der Waals surface area contributed by atoms with Gasteiger partial charge in [0.1, 0.15) is 11.4 Å². The summed E-state index contributed by atoms with van der Waals surface area (Å²) in [5.41, 5.74) is 3.12. The zero-order valence-electron chi connectivity index (χ0n) is 16.7. The van der Waals surface area contributed by atoms with Gasteiger partial charge in [-0.3, -0.25) is 51.3 Å². The molecule has 0 spiro atoms. The van der Waals surface area contributed by atoms with Gasteiger partial charge in [0, 0.05) is 24.6 Å². The molecule has 172 valence electrons. The molecular formula is C17H16N8O8. The number of hydrogen-bond acceptors (Lipinski definition) is 12. The monoisotopic (exact) mass is 460 g/mol. The maximum absolute atomic E-state index is 11.0. The minimum absolute atomic E-state index is 0.00250. The van der Waals surface area contributed by atoms with Crippen LogP contribution in [0.1, 0.15) is 19.3 Å². The number of nitro groups is 4. The number of anilines is 2. The first-order valence-corrected chi connectivity index (χ1v) is 9.11. The molecule has 0 atom stereocenters. The van der Waals surface area contributed by atoms with E-state index in [2.05, 4.69) is 21.1 Å². The summed E-state index contributed by atoms with van der Waals surface area (Å²) in [6, 6.07) is 6.26. The lowest BCUT2D eigenvalue weighted by Crippen LogP contribution is -1.99. The lowest BCUT2D eigenvalue weighted by molar-refractivity contribution is -0.393. The van der Waals surface area contributed by atoms with Gasteiger partial charge in [-0.1, -0.05) is 0 Å². The number of hydrazone groups is 2. The van der Waals surface area contributed by atoms with Crippen molar-refractivity contribution in [2.24, 2.45) is 10.2 Å². The van der Waals surface area contributed by atoms with Crippen LogP contribution in [0.5, 0.6) is 0 Å². The van der Waals surface area contributed by atoms with Gasteiger partial charge in [-0.05, 0) is 31.4 Å². The van der Waals surface area contributed by atoms with E-state index in [1.807, 2.05) is 0 Å². The molecule has 16 heteroatoms. The molecule has 0 radical (unpaired) electrons. The quantitative estimate of drug-likeness (QED) is 0.200. The van der Waals surface area contributed by atoms with Crippen molar-refractivity contribution in [2.45, 2.75) is 19.3 Å².